The van der Waals surface area contributed by atoms with E-state index in [-0.39, 0.29) is 12.4 Å². The van der Waals surface area contributed by atoms with Gasteiger partial charge in [0.05, 0.1) is 5.75 Å². The lowest BCUT2D eigenvalue weighted by Gasteiger charge is -2.17. The molecule has 0 saturated carbocycles. The Bertz CT molecular complexity index is 488. The van der Waals surface area contributed by atoms with Crippen molar-refractivity contribution in [2.75, 3.05) is 25.9 Å². The Morgan fingerprint density at radius 3 is 2.53 bits per heavy atom. The van der Waals surface area contributed by atoms with Crippen LogP contribution < -0.4 is 5.73 Å². The van der Waals surface area contributed by atoms with E-state index in [0.29, 0.717) is 24.2 Å². The Morgan fingerprint density at radius 1 is 1.21 bits per heavy atom. The first-order valence-corrected chi connectivity index (χ1v) is 7.96. The van der Waals surface area contributed by atoms with Gasteiger partial charge in [-0.2, -0.15) is 0 Å². The molecule has 0 aliphatic rings. The summed E-state index contributed by atoms with van der Waals surface area (Å²) in [6, 6.07) is 6.99. The fourth-order valence-electron chi connectivity index (χ4n) is 1.73. The molecule has 1 rings (SSSR count). The molecule has 108 valence electrons. The molecule has 3 N–H and O–H groups in total. The van der Waals surface area contributed by atoms with E-state index in [1.54, 1.807) is 31.3 Å². The lowest BCUT2D eigenvalue weighted by molar-refractivity contribution is 0.281. The number of nitrogen functional groups attached to an aromatic ring is 1. The van der Waals surface area contributed by atoms with Gasteiger partial charge in [0.1, 0.15) is 0 Å². The summed E-state index contributed by atoms with van der Waals surface area (Å²) in [5.41, 5.74) is 6.89. The van der Waals surface area contributed by atoms with Crippen LogP contribution in [0.4, 0.5) is 5.69 Å². The second-order valence-electron chi connectivity index (χ2n) is 4.56. The van der Waals surface area contributed by atoms with Crippen LogP contribution in [-0.2, 0) is 15.8 Å². The molecule has 0 fully saturated rings. The molecule has 0 radical (unpaired) electrons. The SMILES string of the molecule is CN(CCCCCO)S(=O)(=O)Cc1ccccc1N. The van der Waals surface area contributed by atoms with Crippen LogP contribution in [0.15, 0.2) is 24.3 Å². The number of rotatable bonds is 8. The zero-order valence-electron chi connectivity index (χ0n) is 11.2. The van der Waals surface area contributed by atoms with Crippen molar-refractivity contribution in [2.24, 2.45) is 0 Å². The van der Waals surface area contributed by atoms with Crippen LogP contribution in [0.1, 0.15) is 24.8 Å². The third-order valence-electron chi connectivity index (χ3n) is 3.00. The average Bonchev–Trinajstić information content (AvgIpc) is 2.37. The van der Waals surface area contributed by atoms with Crippen LogP contribution in [0.5, 0.6) is 0 Å². The minimum absolute atomic E-state index is 0.0732. The predicted molar refractivity (Wildman–Crippen MR) is 77.0 cm³/mol. The van der Waals surface area contributed by atoms with Crippen molar-refractivity contribution in [2.45, 2.75) is 25.0 Å². The van der Waals surface area contributed by atoms with E-state index in [9.17, 15) is 8.42 Å². The lowest BCUT2D eigenvalue weighted by atomic mass is 10.2. The Kier molecular flexibility index (Phi) is 6.27. The molecular formula is C13H22N2O3S. The summed E-state index contributed by atoms with van der Waals surface area (Å²) >= 11 is 0. The van der Waals surface area contributed by atoms with E-state index < -0.39 is 10.0 Å². The molecule has 1 aromatic rings. The number of hydrogen-bond donors (Lipinski definition) is 2. The molecule has 0 spiro atoms. The number of sulfonamides is 1. The zero-order chi connectivity index (χ0) is 14.3. The maximum Gasteiger partial charge on any atom is 0.218 e. The van der Waals surface area contributed by atoms with Gasteiger partial charge in [-0.1, -0.05) is 18.2 Å². The molecule has 1 aromatic carbocycles. The van der Waals surface area contributed by atoms with E-state index in [1.165, 1.54) is 4.31 Å². The van der Waals surface area contributed by atoms with E-state index in [2.05, 4.69) is 0 Å². The van der Waals surface area contributed by atoms with Gasteiger partial charge in [-0.25, -0.2) is 12.7 Å². The number of nitrogens with zero attached hydrogens (tertiary/aromatic N) is 1. The maximum atomic E-state index is 12.1. The van der Waals surface area contributed by atoms with Gasteiger partial charge in [0.2, 0.25) is 10.0 Å². The first kappa shape index (κ1) is 15.9. The predicted octanol–water partition coefficient (Wildman–Crippen LogP) is 1.19. The topological polar surface area (TPSA) is 83.6 Å². The highest BCUT2D eigenvalue weighted by Crippen LogP contribution is 2.16. The van der Waals surface area contributed by atoms with E-state index in [0.717, 1.165) is 12.8 Å². The summed E-state index contributed by atoms with van der Waals surface area (Å²) < 4.78 is 25.6. The average molecular weight is 286 g/mol. The van der Waals surface area contributed by atoms with Crippen molar-refractivity contribution in [3.8, 4) is 0 Å². The molecule has 0 heterocycles. The third kappa shape index (κ3) is 5.18. The minimum atomic E-state index is -3.33. The van der Waals surface area contributed by atoms with Crippen molar-refractivity contribution in [1.82, 2.24) is 4.31 Å². The highest BCUT2D eigenvalue weighted by atomic mass is 32.2. The van der Waals surface area contributed by atoms with Gasteiger partial charge in [-0.15, -0.1) is 0 Å². The summed E-state index contributed by atoms with van der Waals surface area (Å²) in [4.78, 5) is 0. The van der Waals surface area contributed by atoms with Crippen molar-refractivity contribution >= 4 is 15.7 Å². The molecule has 0 amide bonds. The number of unbranched alkanes of at least 4 members (excludes halogenated alkanes) is 2. The highest BCUT2D eigenvalue weighted by Gasteiger charge is 2.18. The highest BCUT2D eigenvalue weighted by molar-refractivity contribution is 7.88. The van der Waals surface area contributed by atoms with Crippen LogP contribution >= 0.6 is 0 Å². The molecular weight excluding hydrogens is 264 g/mol. The Hall–Kier alpha value is -1.11. The van der Waals surface area contributed by atoms with Gasteiger partial charge < -0.3 is 10.8 Å². The number of hydrogen-bond acceptors (Lipinski definition) is 4. The smallest absolute Gasteiger partial charge is 0.218 e. The van der Waals surface area contributed by atoms with Gasteiger partial charge in [0.25, 0.3) is 0 Å². The normalized spacial score (nSPS) is 11.9. The van der Waals surface area contributed by atoms with Crippen LogP contribution in [0, 0.1) is 0 Å². The summed E-state index contributed by atoms with van der Waals surface area (Å²) in [5, 5.41) is 8.67. The fourth-order valence-corrected chi connectivity index (χ4v) is 3.02. The van der Waals surface area contributed by atoms with Gasteiger partial charge in [-0.05, 0) is 30.9 Å². The Balaban J connectivity index is 2.58. The van der Waals surface area contributed by atoms with Crippen molar-refractivity contribution in [1.29, 1.82) is 0 Å². The van der Waals surface area contributed by atoms with Gasteiger partial charge >= 0.3 is 0 Å². The molecule has 19 heavy (non-hydrogen) atoms. The largest absolute Gasteiger partial charge is 0.398 e. The van der Waals surface area contributed by atoms with Crippen LogP contribution in [0.2, 0.25) is 0 Å². The van der Waals surface area contributed by atoms with Crippen LogP contribution in [-0.4, -0.2) is 38.0 Å². The quantitative estimate of drug-likeness (QED) is 0.555. The summed E-state index contributed by atoms with van der Waals surface area (Å²) in [6.07, 6.45) is 2.28. The first-order chi connectivity index (χ1) is 8.97. The van der Waals surface area contributed by atoms with Gasteiger partial charge in [0.15, 0.2) is 0 Å². The molecule has 0 unspecified atom stereocenters. The molecule has 0 aliphatic heterocycles. The van der Waals surface area contributed by atoms with E-state index in [1.807, 2.05) is 0 Å². The number of nitrogens with two attached hydrogens (primary N) is 1. The Morgan fingerprint density at radius 2 is 1.89 bits per heavy atom. The Labute approximate surface area is 115 Å². The fraction of sp³-hybridized carbons (Fsp3) is 0.538. The summed E-state index contributed by atoms with van der Waals surface area (Å²) in [5.74, 6) is -0.0732. The second kappa shape index (κ2) is 7.47. The number of anilines is 1. The standard InChI is InChI=1S/C13H22N2O3S/c1-15(9-5-2-6-10-16)19(17,18)11-12-7-3-4-8-13(12)14/h3-4,7-8,16H,2,5-6,9-11,14H2,1H3. The molecule has 0 aliphatic carbocycles. The molecule has 0 atom stereocenters. The zero-order valence-corrected chi connectivity index (χ0v) is 12.1. The number of aliphatic hydroxyl groups is 1. The maximum absolute atomic E-state index is 12.1. The number of aliphatic hydroxyl groups excluding tert-OH is 1. The van der Waals surface area contributed by atoms with Gasteiger partial charge in [-0.3, -0.25) is 0 Å². The lowest BCUT2D eigenvalue weighted by Crippen LogP contribution is -2.29. The molecule has 6 heteroatoms. The summed E-state index contributed by atoms with van der Waals surface area (Å²) in [7, 11) is -1.76. The third-order valence-corrected chi connectivity index (χ3v) is 4.81. The van der Waals surface area contributed by atoms with Crippen LogP contribution in [0.25, 0.3) is 0 Å². The first-order valence-electron chi connectivity index (χ1n) is 6.35. The van der Waals surface area contributed by atoms with Crippen molar-refractivity contribution < 1.29 is 13.5 Å². The summed E-state index contributed by atoms with van der Waals surface area (Å²) in [6.45, 7) is 0.617. The second-order valence-corrected chi connectivity index (χ2v) is 6.64. The molecule has 0 saturated heterocycles. The van der Waals surface area contributed by atoms with Crippen molar-refractivity contribution in [3.63, 3.8) is 0 Å². The van der Waals surface area contributed by atoms with Crippen LogP contribution in [0.3, 0.4) is 0 Å². The molecule has 5 nitrogen and oxygen atoms in total. The monoisotopic (exact) mass is 286 g/mol. The van der Waals surface area contributed by atoms with E-state index >= 15 is 0 Å². The number of para-hydroxylation sites is 1. The molecule has 0 bridgehead atoms. The van der Waals surface area contributed by atoms with E-state index in [4.69, 9.17) is 10.8 Å². The van der Waals surface area contributed by atoms with Gasteiger partial charge in [0, 0.05) is 25.9 Å². The number of benzene rings is 1. The minimum Gasteiger partial charge on any atom is -0.398 e. The molecule has 0 aromatic heterocycles. The van der Waals surface area contributed by atoms with Crippen molar-refractivity contribution in [3.05, 3.63) is 29.8 Å².